The van der Waals surface area contributed by atoms with Gasteiger partial charge in [0, 0.05) is 34.3 Å². The van der Waals surface area contributed by atoms with E-state index in [0.29, 0.717) is 0 Å². The van der Waals surface area contributed by atoms with Gasteiger partial charge >= 0.3 is 12.1 Å². The molecule has 35 heavy (non-hydrogen) atoms. The molecule has 0 fully saturated rings. The van der Waals surface area contributed by atoms with Crippen LogP contribution in [0.2, 0.25) is 10.0 Å². The fourth-order valence-corrected chi connectivity index (χ4v) is 4.12. The number of aromatic amines is 1. The van der Waals surface area contributed by atoms with E-state index in [1.165, 1.54) is 57.4 Å². The van der Waals surface area contributed by atoms with Crippen molar-refractivity contribution in [1.29, 1.82) is 0 Å². The summed E-state index contributed by atoms with van der Waals surface area (Å²) in [5.41, 5.74) is -4.43. The van der Waals surface area contributed by atoms with E-state index in [1.807, 2.05) is 0 Å². The molecule has 186 valence electrons. The van der Waals surface area contributed by atoms with Crippen molar-refractivity contribution in [3.05, 3.63) is 91.3 Å². The number of carbonyl (C=O) groups excluding carboxylic acids is 1. The van der Waals surface area contributed by atoms with E-state index in [-0.39, 0.29) is 38.2 Å². The maximum absolute atomic E-state index is 14.2. The van der Waals surface area contributed by atoms with Crippen molar-refractivity contribution in [3.8, 4) is 11.5 Å². The van der Waals surface area contributed by atoms with Crippen LogP contribution in [0.25, 0.3) is 0 Å². The van der Waals surface area contributed by atoms with Crippen molar-refractivity contribution < 1.29 is 32.5 Å². The second kappa shape index (κ2) is 9.93. The summed E-state index contributed by atoms with van der Waals surface area (Å²) in [6.45, 7) is 2.50. The molecule has 2 N–H and O–H groups in total. The van der Waals surface area contributed by atoms with Gasteiger partial charge in [0.1, 0.15) is 11.5 Å². The number of hydrogen-bond acceptors (Lipinski definition) is 5. The van der Waals surface area contributed by atoms with Gasteiger partial charge in [-0.25, -0.2) is 4.79 Å². The van der Waals surface area contributed by atoms with Gasteiger partial charge < -0.3 is 19.6 Å². The van der Waals surface area contributed by atoms with E-state index in [9.17, 15) is 27.9 Å². The van der Waals surface area contributed by atoms with Gasteiger partial charge in [0.2, 0.25) is 0 Å². The number of carbonyl (C=O) groups is 1. The molecule has 0 aliphatic heterocycles. The molecular formula is C24H20Cl2F3NO5. The van der Waals surface area contributed by atoms with Crippen LogP contribution in [0.15, 0.2) is 53.5 Å². The number of halogens is 5. The Bertz CT molecular complexity index is 1330. The van der Waals surface area contributed by atoms with Crippen molar-refractivity contribution in [3.63, 3.8) is 0 Å². The van der Waals surface area contributed by atoms with Crippen LogP contribution in [0.4, 0.5) is 13.2 Å². The zero-order chi connectivity index (χ0) is 26.1. The van der Waals surface area contributed by atoms with Crippen LogP contribution in [-0.2, 0) is 10.3 Å². The minimum atomic E-state index is -5.12. The lowest BCUT2D eigenvalue weighted by molar-refractivity contribution is -0.274. The molecule has 1 heterocycles. The van der Waals surface area contributed by atoms with E-state index >= 15 is 0 Å². The van der Waals surface area contributed by atoms with Crippen LogP contribution < -0.4 is 10.3 Å². The van der Waals surface area contributed by atoms with Crippen LogP contribution in [-0.4, -0.2) is 29.3 Å². The van der Waals surface area contributed by atoms with Crippen molar-refractivity contribution in [2.75, 3.05) is 7.11 Å². The molecule has 2 unspecified atom stereocenters. The SMILES string of the molecule is COC(=O)c1ccc(Oc2ccc(Cl)c(C(C)C(O)(c3c[nH]c(=O)c(C)c3)C(F)(F)F)c2)cc1Cl. The van der Waals surface area contributed by atoms with Gasteiger partial charge in [-0.1, -0.05) is 30.1 Å². The molecule has 2 aromatic carbocycles. The number of alkyl halides is 3. The zero-order valence-electron chi connectivity index (χ0n) is 18.7. The first-order valence-corrected chi connectivity index (χ1v) is 10.9. The first kappa shape index (κ1) is 26.6. The summed E-state index contributed by atoms with van der Waals surface area (Å²) < 4.78 is 53.1. The van der Waals surface area contributed by atoms with Gasteiger partial charge in [-0.3, -0.25) is 4.79 Å². The third kappa shape index (κ3) is 5.17. The number of benzene rings is 2. The fraction of sp³-hybridized carbons (Fsp3) is 0.250. The maximum Gasteiger partial charge on any atom is 0.422 e. The predicted molar refractivity (Wildman–Crippen MR) is 124 cm³/mol. The lowest BCUT2D eigenvalue weighted by Crippen LogP contribution is -2.47. The average Bonchev–Trinajstić information content (AvgIpc) is 2.80. The number of aromatic nitrogens is 1. The van der Waals surface area contributed by atoms with Crippen molar-refractivity contribution in [2.45, 2.75) is 31.5 Å². The highest BCUT2D eigenvalue weighted by molar-refractivity contribution is 6.33. The summed E-state index contributed by atoms with van der Waals surface area (Å²) in [5, 5.41) is 11.0. The highest BCUT2D eigenvalue weighted by Crippen LogP contribution is 2.50. The molecular weight excluding hydrogens is 510 g/mol. The fourth-order valence-electron chi connectivity index (χ4n) is 3.59. The van der Waals surface area contributed by atoms with Gasteiger partial charge in [0.25, 0.3) is 5.56 Å². The summed E-state index contributed by atoms with van der Waals surface area (Å²) in [6, 6.07) is 9.18. The number of pyridine rings is 1. The Hall–Kier alpha value is -3.01. The second-order valence-corrected chi connectivity index (χ2v) is 8.62. The molecule has 0 bridgehead atoms. The van der Waals surface area contributed by atoms with Crippen molar-refractivity contribution >= 4 is 29.2 Å². The van der Waals surface area contributed by atoms with Gasteiger partial charge in [-0.15, -0.1) is 0 Å². The van der Waals surface area contributed by atoms with Gasteiger partial charge in [-0.2, -0.15) is 13.2 Å². The number of H-pyrrole nitrogens is 1. The Labute approximate surface area is 208 Å². The lowest BCUT2D eigenvalue weighted by Gasteiger charge is -2.37. The van der Waals surface area contributed by atoms with E-state index < -0.39 is 34.8 Å². The Kier molecular flexibility index (Phi) is 7.54. The van der Waals surface area contributed by atoms with E-state index in [4.69, 9.17) is 27.9 Å². The molecule has 0 saturated heterocycles. The first-order valence-electron chi connectivity index (χ1n) is 10.1. The minimum Gasteiger partial charge on any atom is -0.465 e. The summed E-state index contributed by atoms with van der Waals surface area (Å²) >= 11 is 12.3. The number of methoxy groups -OCH3 is 1. The molecule has 3 rings (SSSR count). The number of hydrogen-bond donors (Lipinski definition) is 2. The molecule has 0 amide bonds. The molecule has 3 aromatic rings. The normalized spacial score (nSPS) is 14.2. The highest BCUT2D eigenvalue weighted by Gasteiger charge is 2.59. The summed E-state index contributed by atoms with van der Waals surface area (Å²) in [6.07, 6.45) is -4.28. The van der Waals surface area contributed by atoms with Crippen molar-refractivity contribution in [2.24, 2.45) is 0 Å². The van der Waals surface area contributed by atoms with Crippen molar-refractivity contribution in [1.82, 2.24) is 4.98 Å². The van der Waals surface area contributed by atoms with E-state index in [1.54, 1.807) is 0 Å². The zero-order valence-corrected chi connectivity index (χ0v) is 20.2. The number of aliphatic hydroxyl groups is 1. The molecule has 2 atom stereocenters. The van der Waals surface area contributed by atoms with E-state index in [0.717, 1.165) is 12.3 Å². The molecule has 0 aliphatic rings. The Morgan fingerprint density at radius 1 is 1.06 bits per heavy atom. The van der Waals surface area contributed by atoms with Crippen LogP contribution in [0.3, 0.4) is 0 Å². The maximum atomic E-state index is 14.2. The van der Waals surface area contributed by atoms with Crippen LogP contribution >= 0.6 is 23.2 Å². The molecule has 11 heteroatoms. The molecule has 0 radical (unpaired) electrons. The number of aryl methyl sites for hydroxylation is 1. The minimum absolute atomic E-state index is 0.00726. The number of ether oxygens (including phenoxy) is 2. The average molecular weight is 530 g/mol. The molecule has 0 spiro atoms. The summed E-state index contributed by atoms with van der Waals surface area (Å²) in [7, 11) is 1.20. The topological polar surface area (TPSA) is 88.6 Å². The Morgan fingerprint density at radius 3 is 2.26 bits per heavy atom. The summed E-state index contributed by atoms with van der Waals surface area (Å²) in [4.78, 5) is 25.6. The molecule has 6 nitrogen and oxygen atoms in total. The quantitative estimate of drug-likeness (QED) is 0.375. The van der Waals surface area contributed by atoms with Crippen LogP contribution in [0.5, 0.6) is 11.5 Å². The largest absolute Gasteiger partial charge is 0.465 e. The number of nitrogens with one attached hydrogen (secondary N) is 1. The first-order chi connectivity index (χ1) is 16.3. The molecule has 0 saturated carbocycles. The Balaban J connectivity index is 2.03. The van der Waals surface area contributed by atoms with Gasteiger partial charge in [-0.05, 0) is 48.9 Å². The smallest absolute Gasteiger partial charge is 0.422 e. The number of esters is 1. The van der Waals surface area contributed by atoms with Crippen LogP contribution in [0.1, 0.15) is 39.9 Å². The summed E-state index contributed by atoms with van der Waals surface area (Å²) in [5.74, 6) is -1.94. The lowest BCUT2D eigenvalue weighted by atomic mass is 9.78. The Morgan fingerprint density at radius 2 is 1.69 bits per heavy atom. The second-order valence-electron chi connectivity index (χ2n) is 7.80. The predicted octanol–water partition coefficient (Wildman–Crippen LogP) is 6.12. The third-order valence-electron chi connectivity index (χ3n) is 5.60. The monoisotopic (exact) mass is 529 g/mol. The van der Waals surface area contributed by atoms with Gasteiger partial charge in [0.15, 0.2) is 5.60 Å². The standard InChI is InChI=1S/C24H20Cl2F3NO5/c1-12-8-14(11-30-21(12)31)23(33,24(27,28)29)13(2)18-9-15(5-7-19(18)25)35-16-4-6-17(20(26)10-16)22(32)34-3/h4-11,13,33H,1-3H3,(H,30,31). The molecule has 0 aliphatic carbocycles. The molecule has 1 aromatic heterocycles. The number of rotatable bonds is 6. The van der Waals surface area contributed by atoms with Crippen LogP contribution in [0, 0.1) is 6.92 Å². The third-order valence-corrected chi connectivity index (χ3v) is 6.26. The van der Waals surface area contributed by atoms with E-state index in [2.05, 4.69) is 9.72 Å². The highest BCUT2D eigenvalue weighted by atomic mass is 35.5. The van der Waals surface area contributed by atoms with Gasteiger partial charge in [0.05, 0.1) is 17.7 Å².